The number of nitro groups is 1. The van der Waals surface area contributed by atoms with Crippen LogP contribution in [0.2, 0.25) is 0 Å². The van der Waals surface area contributed by atoms with Crippen LogP contribution in [0.5, 0.6) is 0 Å². The van der Waals surface area contributed by atoms with Gasteiger partial charge in [0.05, 0.1) is 11.0 Å². The molecule has 2 rings (SSSR count). The fourth-order valence-corrected chi connectivity index (χ4v) is 2.60. The largest absolute Gasteiger partial charge is 0.319 e. The highest BCUT2D eigenvalue weighted by Crippen LogP contribution is 2.31. The fraction of sp³-hybridized carbons (Fsp3) is 0.500. The molecule has 0 radical (unpaired) electrons. The van der Waals surface area contributed by atoms with Crippen LogP contribution >= 0.6 is 0 Å². The molecule has 2 N–H and O–H groups in total. The number of nitro benzene ring substituents is 1. The number of amides is 1. The summed E-state index contributed by atoms with van der Waals surface area (Å²) < 4.78 is 0. The van der Waals surface area contributed by atoms with Gasteiger partial charge < -0.3 is 10.6 Å². The monoisotopic (exact) mass is 277 g/mol. The Morgan fingerprint density at radius 1 is 1.45 bits per heavy atom. The number of nitrogens with zero attached hydrogens (tertiary/aromatic N) is 1. The molecule has 0 bridgehead atoms. The Morgan fingerprint density at radius 2 is 2.15 bits per heavy atom. The third-order valence-electron chi connectivity index (χ3n) is 3.75. The van der Waals surface area contributed by atoms with Crippen LogP contribution in [-0.2, 0) is 4.79 Å². The molecule has 20 heavy (non-hydrogen) atoms. The van der Waals surface area contributed by atoms with Crippen LogP contribution in [-0.4, -0.2) is 23.4 Å². The number of piperidine rings is 1. The van der Waals surface area contributed by atoms with E-state index >= 15 is 0 Å². The molecule has 1 aliphatic heterocycles. The minimum absolute atomic E-state index is 0.0885. The van der Waals surface area contributed by atoms with Crippen molar-refractivity contribution >= 4 is 17.3 Å². The lowest BCUT2D eigenvalue weighted by Gasteiger charge is -2.38. The van der Waals surface area contributed by atoms with E-state index < -0.39 is 4.92 Å². The average Bonchev–Trinajstić information content (AvgIpc) is 2.38. The first-order valence-electron chi connectivity index (χ1n) is 6.69. The van der Waals surface area contributed by atoms with Crippen LogP contribution in [0.15, 0.2) is 24.3 Å². The number of nitrogens with one attached hydrogen (secondary N) is 2. The van der Waals surface area contributed by atoms with Crippen molar-refractivity contribution in [1.82, 2.24) is 5.32 Å². The molecule has 1 heterocycles. The van der Waals surface area contributed by atoms with Gasteiger partial charge in [-0.1, -0.05) is 26.0 Å². The van der Waals surface area contributed by atoms with E-state index in [1.807, 2.05) is 13.8 Å². The van der Waals surface area contributed by atoms with Crippen molar-refractivity contribution in [3.05, 3.63) is 34.4 Å². The van der Waals surface area contributed by atoms with Gasteiger partial charge in [-0.15, -0.1) is 0 Å². The molecule has 1 amide bonds. The van der Waals surface area contributed by atoms with E-state index in [9.17, 15) is 14.9 Å². The summed E-state index contributed by atoms with van der Waals surface area (Å²) in [4.78, 5) is 22.8. The minimum Gasteiger partial charge on any atom is -0.319 e. The number of carbonyl (C=O) groups excluding carboxylic acids is 1. The molecule has 1 saturated heterocycles. The molecule has 1 fully saturated rings. The number of hydrogen-bond acceptors (Lipinski definition) is 4. The highest BCUT2D eigenvalue weighted by molar-refractivity contribution is 5.97. The molecule has 0 spiro atoms. The van der Waals surface area contributed by atoms with Gasteiger partial charge in [0.2, 0.25) is 5.91 Å². The molecule has 0 aromatic heterocycles. The van der Waals surface area contributed by atoms with E-state index in [-0.39, 0.29) is 28.7 Å². The van der Waals surface area contributed by atoms with E-state index in [0.717, 1.165) is 19.4 Å². The summed E-state index contributed by atoms with van der Waals surface area (Å²) in [6, 6.07) is 5.84. The summed E-state index contributed by atoms with van der Waals surface area (Å²) in [5.41, 5.74) is -0.00791. The zero-order valence-electron chi connectivity index (χ0n) is 11.7. The Morgan fingerprint density at radius 3 is 2.80 bits per heavy atom. The predicted molar refractivity (Wildman–Crippen MR) is 76.5 cm³/mol. The van der Waals surface area contributed by atoms with Crippen LogP contribution in [0.3, 0.4) is 0 Å². The van der Waals surface area contributed by atoms with Crippen LogP contribution in [0, 0.1) is 15.5 Å². The Balaban J connectivity index is 2.18. The molecule has 6 nitrogen and oxygen atoms in total. The Bertz CT molecular complexity index is 528. The SMILES string of the molecule is CC1(C)CCCNC1C(=O)Nc1ccccc1[N+](=O)[O-]. The van der Waals surface area contributed by atoms with Gasteiger partial charge in [-0.05, 0) is 30.9 Å². The summed E-state index contributed by atoms with van der Waals surface area (Å²) in [5.74, 6) is -0.219. The first-order chi connectivity index (χ1) is 9.42. The zero-order valence-corrected chi connectivity index (χ0v) is 11.7. The molecule has 6 heteroatoms. The molecular formula is C14H19N3O3. The minimum atomic E-state index is -0.491. The highest BCUT2D eigenvalue weighted by Gasteiger charge is 2.37. The third kappa shape index (κ3) is 2.96. The maximum Gasteiger partial charge on any atom is 0.292 e. The average molecular weight is 277 g/mol. The van der Waals surface area contributed by atoms with Crippen LogP contribution < -0.4 is 10.6 Å². The van der Waals surface area contributed by atoms with Gasteiger partial charge in [-0.2, -0.15) is 0 Å². The quantitative estimate of drug-likeness (QED) is 0.656. The molecule has 1 aliphatic rings. The van der Waals surface area contributed by atoms with Crippen molar-refractivity contribution in [2.45, 2.75) is 32.7 Å². The lowest BCUT2D eigenvalue weighted by atomic mass is 9.77. The van der Waals surface area contributed by atoms with Gasteiger partial charge in [0.15, 0.2) is 0 Å². The van der Waals surface area contributed by atoms with E-state index in [0.29, 0.717) is 0 Å². The first-order valence-corrected chi connectivity index (χ1v) is 6.69. The van der Waals surface area contributed by atoms with E-state index in [1.165, 1.54) is 6.07 Å². The Hall–Kier alpha value is -1.95. The van der Waals surface area contributed by atoms with Crippen LogP contribution in [0.1, 0.15) is 26.7 Å². The molecule has 1 aromatic rings. The van der Waals surface area contributed by atoms with Gasteiger partial charge in [0.25, 0.3) is 5.69 Å². The Labute approximate surface area is 117 Å². The van der Waals surface area contributed by atoms with E-state index in [4.69, 9.17) is 0 Å². The maximum absolute atomic E-state index is 12.4. The predicted octanol–water partition coefficient (Wildman–Crippen LogP) is 2.31. The fourth-order valence-electron chi connectivity index (χ4n) is 2.60. The molecule has 1 aromatic carbocycles. The smallest absolute Gasteiger partial charge is 0.292 e. The lowest BCUT2D eigenvalue weighted by molar-refractivity contribution is -0.383. The molecule has 1 unspecified atom stereocenters. The second-order valence-corrected chi connectivity index (χ2v) is 5.74. The number of para-hydroxylation sites is 2. The molecule has 108 valence electrons. The standard InChI is InChI=1S/C14H19N3O3/c1-14(2)8-5-9-15-12(14)13(18)16-10-6-3-4-7-11(10)17(19)20/h3-4,6-7,12,15H,5,8-9H2,1-2H3,(H,16,18). The van der Waals surface area contributed by atoms with Crippen molar-refractivity contribution < 1.29 is 9.72 Å². The summed E-state index contributed by atoms with van der Waals surface area (Å²) in [6.45, 7) is 4.85. The van der Waals surface area contributed by atoms with Gasteiger partial charge in [0.1, 0.15) is 5.69 Å². The van der Waals surface area contributed by atoms with Gasteiger partial charge in [-0.3, -0.25) is 14.9 Å². The number of benzene rings is 1. The topological polar surface area (TPSA) is 84.3 Å². The molecule has 0 saturated carbocycles. The number of anilines is 1. The van der Waals surface area contributed by atoms with Gasteiger partial charge in [-0.25, -0.2) is 0 Å². The second kappa shape index (κ2) is 5.58. The molecular weight excluding hydrogens is 258 g/mol. The number of carbonyl (C=O) groups is 1. The van der Waals surface area contributed by atoms with Crippen molar-refractivity contribution in [2.24, 2.45) is 5.41 Å². The normalized spacial score (nSPS) is 21.2. The zero-order chi connectivity index (χ0) is 14.8. The van der Waals surface area contributed by atoms with Gasteiger partial charge >= 0.3 is 0 Å². The second-order valence-electron chi connectivity index (χ2n) is 5.74. The van der Waals surface area contributed by atoms with Crippen molar-refractivity contribution in [3.63, 3.8) is 0 Å². The maximum atomic E-state index is 12.4. The van der Waals surface area contributed by atoms with Gasteiger partial charge in [0, 0.05) is 6.07 Å². The lowest BCUT2D eigenvalue weighted by Crippen LogP contribution is -2.53. The number of hydrogen-bond donors (Lipinski definition) is 2. The molecule has 1 atom stereocenters. The van der Waals surface area contributed by atoms with Crippen molar-refractivity contribution in [1.29, 1.82) is 0 Å². The summed E-state index contributed by atoms with van der Waals surface area (Å²) in [7, 11) is 0. The summed E-state index contributed by atoms with van der Waals surface area (Å²) in [5, 5.41) is 16.8. The highest BCUT2D eigenvalue weighted by atomic mass is 16.6. The summed E-state index contributed by atoms with van der Waals surface area (Å²) >= 11 is 0. The van der Waals surface area contributed by atoms with Crippen LogP contribution in [0.4, 0.5) is 11.4 Å². The summed E-state index contributed by atoms with van der Waals surface area (Å²) in [6.07, 6.45) is 1.98. The van der Waals surface area contributed by atoms with Crippen molar-refractivity contribution in [2.75, 3.05) is 11.9 Å². The molecule has 0 aliphatic carbocycles. The van der Waals surface area contributed by atoms with Crippen LogP contribution in [0.25, 0.3) is 0 Å². The Kier molecular flexibility index (Phi) is 4.04. The van der Waals surface area contributed by atoms with E-state index in [1.54, 1.807) is 18.2 Å². The van der Waals surface area contributed by atoms with Crippen molar-refractivity contribution in [3.8, 4) is 0 Å². The number of rotatable bonds is 3. The first kappa shape index (κ1) is 14.5. The van der Waals surface area contributed by atoms with E-state index in [2.05, 4.69) is 10.6 Å². The third-order valence-corrected chi connectivity index (χ3v) is 3.75.